The van der Waals surface area contributed by atoms with Gasteiger partial charge in [0.1, 0.15) is 12.3 Å². The van der Waals surface area contributed by atoms with E-state index in [9.17, 15) is 4.79 Å². The minimum absolute atomic E-state index is 0.139. The van der Waals surface area contributed by atoms with E-state index in [0.29, 0.717) is 11.3 Å². The summed E-state index contributed by atoms with van der Waals surface area (Å²) in [5.74, 6) is -0.418. The molecule has 0 saturated heterocycles. The summed E-state index contributed by atoms with van der Waals surface area (Å²) in [6.07, 6.45) is 3.02. The molecule has 1 N–H and O–H groups in total. The van der Waals surface area contributed by atoms with Crippen molar-refractivity contribution in [3.05, 3.63) is 24.0 Å². The molecule has 5 heteroatoms. The third kappa shape index (κ3) is 4.03. The van der Waals surface area contributed by atoms with E-state index in [-0.39, 0.29) is 6.73 Å². The molecule has 1 aromatic rings. The number of aliphatic hydroxyl groups excluding tert-OH is 1. The second kappa shape index (κ2) is 5.14. The van der Waals surface area contributed by atoms with E-state index >= 15 is 0 Å². The molecule has 0 unspecified atom stereocenters. The van der Waals surface area contributed by atoms with E-state index < -0.39 is 11.6 Å². The van der Waals surface area contributed by atoms with Gasteiger partial charge in [-0.3, -0.25) is 4.98 Å². The quantitative estimate of drug-likeness (QED) is 0.637. The predicted octanol–water partition coefficient (Wildman–Crippen LogP) is 1.42. The van der Waals surface area contributed by atoms with E-state index in [2.05, 4.69) is 4.98 Å². The zero-order valence-corrected chi connectivity index (χ0v) is 10.6. The van der Waals surface area contributed by atoms with Crippen LogP contribution >= 0.6 is 0 Å². The number of hydrogen-bond donors (Lipinski definition) is 1. The first kappa shape index (κ1) is 13.4. The maximum atomic E-state index is 11.8. The Morgan fingerprint density at radius 3 is 2.65 bits per heavy atom. The lowest BCUT2D eigenvalue weighted by molar-refractivity contribution is 0.00691. The molecule has 0 aromatic carbocycles. The minimum Gasteiger partial charge on any atom is -0.456 e. The van der Waals surface area contributed by atoms with Crippen molar-refractivity contribution in [2.45, 2.75) is 26.4 Å². The third-order valence-electron chi connectivity index (χ3n) is 2.01. The topological polar surface area (TPSA) is 62.7 Å². The highest BCUT2D eigenvalue weighted by Gasteiger charge is 2.18. The van der Waals surface area contributed by atoms with Crippen LogP contribution in [0.25, 0.3) is 0 Å². The van der Waals surface area contributed by atoms with Gasteiger partial charge in [-0.05, 0) is 26.8 Å². The van der Waals surface area contributed by atoms with E-state index in [4.69, 9.17) is 9.84 Å². The Morgan fingerprint density at radius 1 is 1.47 bits per heavy atom. The fourth-order valence-electron chi connectivity index (χ4n) is 1.17. The number of carbonyl (C=O) groups is 1. The molecule has 0 radical (unpaired) electrons. The van der Waals surface area contributed by atoms with Crippen molar-refractivity contribution in [3.8, 4) is 0 Å². The Kier molecular flexibility index (Phi) is 4.07. The van der Waals surface area contributed by atoms with Crippen LogP contribution in [0.5, 0.6) is 0 Å². The Morgan fingerprint density at radius 2 is 2.12 bits per heavy atom. The van der Waals surface area contributed by atoms with Gasteiger partial charge in [0, 0.05) is 13.2 Å². The van der Waals surface area contributed by atoms with Crippen molar-refractivity contribution in [2.24, 2.45) is 0 Å². The van der Waals surface area contributed by atoms with Crippen LogP contribution in [-0.4, -0.2) is 35.4 Å². The average Bonchev–Trinajstić information content (AvgIpc) is 2.26. The number of esters is 1. The summed E-state index contributed by atoms with van der Waals surface area (Å²) in [7, 11) is 1.70. The van der Waals surface area contributed by atoms with Crippen molar-refractivity contribution in [1.29, 1.82) is 0 Å². The second-order valence-corrected chi connectivity index (χ2v) is 4.77. The first-order valence-corrected chi connectivity index (χ1v) is 5.34. The van der Waals surface area contributed by atoms with Gasteiger partial charge in [0.25, 0.3) is 0 Å². The minimum atomic E-state index is -0.532. The summed E-state index contributed by atoms with van der Waals surface area (Å²) < 4.78 is 5.23. The lowest BCUT2D eigenvalue weighted by atomic mass is 10.2. The van der Waals surface area contributed by atoms with Gasteiger partial charge >= 0.3 is 5.97 Å². The molecule has 0 spiro atoms. The number of nitrogens with zero attached hydrogens (tertiary/aromatic N) is 2. The largest absolute Gasteiger partial charge is 0.456 e. The number of aliphatic hydroxyl groups is 1. The van der Waals surface area contributed by atoms with Gasteiger partial charge in [0.2, 0.25) is 0 Å². The molecule has 0 aliphatic carbocycles. The van der Waals surface area contributed by atoms with Crippen LogP contribution in [0.3, 0.4) is 0 Å². The fourth-order valence-corrected chi connectivity index (χ4v) is 1.17. The Labute approximate surface area is 101 Å². The van der Waals surface area contributed by atoms with E-state index in [1.807, 2.05) is 20.8 Å². The summed E-state index contributed by atoms with van der Waals surface area (Å²) in [6.45, 7) is 5.28. The van der Waals surface area contributed by atoms with Gasteiger partial charge in [-0.1, -0.05) is 0 Å². The zero-order chi connectivity index (χ0) is 13.1. The van der Waals surface area contributed by atoms with E-state index in [0.717, 1.165) is 0 Å². The number of anilines is 1. The lowest BCUT2D eigenvalue weighted by Crippen LogP contribution is -2.24. The molecule has 17 heavy (non-hydrogen) atoms. The summed E-state index contributed by atoms with van der Waals surface area (Å²) in [6, 6.07) is 1.64. The van der Waals surface area contributed by atoms with Crippen LogP contribution in [0.1, 0.15) is 31.1 Å². The molecule has 0 bridgehead atoms. The molecule has 0 aliphatic heterocycles. The number of rotatable bonds is 3. The third-order valence-corrected chi connectivity index (χ3v) is 2.01. The van der Waals surface area contributed by atoms with Crippen LogP contribution in [-0.2, 0) is 4.74 Å². The fraction of sp³-hybridized carbons (Fsp3) is 0.500. The standard InChI is InChI=1S/C12H18N2O3/c1-12(2,3)17-11(16)9-5-10(7-13-6-9)14(4)8-15/h5-7,15H,8H2,1-4H3. The second-order valence-electron chi connectivity index (χ2n) is 4.77. The summed E-state index contributed by atoms with van der Waals surface area (Å²) >= 11 is 0. The van der Waals surface area contributed by atoms with Crippen molar-refractivity contribution in [1.82, 2.24) is 4.98 Å². The maximum absolute atomic E-state index is 11.8. The van der Waals surface area contributed by atoms with Crippen LogP contribution in [0.4, 0.5) is 5.69 Å². The molecular weight excluding hydrogens is 220 g/mol. The average molecular weight is 238 g/mol. The van der Waals surface area contributed by atoms with Gasteiger partial charge in [-0.25, -0.2) is 4.79 Å². The van der Waals surface area contributed by atoms with Crippen LogP contribution < -0.4 is 4.90 Å². The highest BCUT2D eigenvalue weighted by atomic mass is 16.6. The first-order valence-electron chi connectivity index (χ1n) is 5.34. The smallest absolute Gasteiger partial charge is 0.340 e. The van der Waals surface area contributed by atoms with Crippen molar-refractivity contribution in [3.63, 3.8) is 0 Å². The van der Waals surface area contributed by atoms with Gasteiger partial charge < -0.3 is 14.7 Å². The lowest BCUT2D eigenvalue weighted by Gasteiger charge is -2.20. The van der Waals surface area contributed by atoms with Crippen LogP contribution in [0, 0.1) is 0 Å². The number of aromatic nitrogens is 1. The first-order chi connectivity index (χ1) is 7.83. The molecule has 0 atom stereocenters. The van der Waals surface area contributed by atoms with E-state index in [1.165, 1.54) is 6.20 Å². The summed E-state index contributed by atoms with van der Waals surface area (Å²) in [5, 5.41) is 8.99. The highest BCUT2D eigenvalue weighted by molar-refractivity contribution is 5.90. The molecule has 5 nitrogen and oxygen atoms in total. The number of pyridine rings is 1. The Balaban J connectivity index is 2.88. The molecule has 0 aliphatic rings. The monoisotopic (exact) mass is 238 g/mol. The van der Waals surface area contributed by atoms with Crippen LogP contribution in [0.2, 0.25) is 0 Å². The highest BCUT2D eigenvalue weighted by Crippen LogP contribution is 2.16. The summed E-state index contributed by atoms with van der Waals surface area (Å²) in [5.41, 5.74) is 0.504. The van der Waals surface area contributed by atoms with E-state index in [1.54, 1.807) is 24.2 Å². The SMILES string of the molecule is CN(CO)c1cncc(C(=O)OC(C)(C)C)c1. The number of carbonyl (C=O) groups excluding carboxylic acids is 1. The van der Waals surface area contributed by atoms with Crippen LogP contribution in [0.15, 0.2) is 18.5 Å². The maximum Gasteiger partial charge on any atom is 0.340 e. The molecular formula is C12H18N2O3. The molecule has 1 rings (SSSR count). The molecule has 1 aromatic heterocycles. The molecule has 1 heterocycles. The van der Waals surface area contributed by atoms with Crippen molar-refractivity contribution >= 4 is 11.7 Å². The van der Waals surface area contributed by atoms with Gasteiger partial charge in [-0.2, -0.15) is 0 Å². The number of hydrogen-bond acceptors (Lipinski definition) is 5. The number of ether oxygens (including phenoxy) is 1. The molecule has 94 valence electrons. The Bertz CT molecular complexity index is 399. The van der Waals surface area contributed by atoms with Crippen molar-refractivity contribution in [2.75, 3.05) is 18.7 Å². The van der Waals surface area contributed by atoms with Gasteiger partial charge in [0.15, 0.2) is 0 Å². The zero-order valence-electron chi connectivity index (χ0n) is 10.6. The van der Waals surface area contributed by atoms with Gasteiger partial charge in [0.05, 0.1) is 17.4 Å². The normalized spacial score (nSPS) is 11.1. The molecule has 0 saturated carbocycles. The Hall–Kier alpha value is -1.62. The van der Waals surface area contributed by atoms with Gasteiger partial charge in [-0.15, -0.1) is 0 Å². The summed E-state index contributed by atoms with van der Waals surface area (Å²) in [4.78, 5) is 17.3. The van der Waals surface area contributed by atoms with Crippen molar-refractivity contribution < 1.29 is 14.6 Å². The molecule has 0 amide bonds. The predicted molar refractivity (Wildman–Crippen MR) is 64.9 cm³/mol. The molecule has 0 fully saturated rings.